The summed E-state index contributed by atoms with van der Waals surface area (Å²) in [6.45, 7) is 5.56. The number of anilines is 1. The summed E-state index contributed by atoms with van der Waals surface area (Å²) >= 11 is 0. The number of hydrogen-bond donors (Lipinski definition) is 3. The van der Waals surface area contributed by atoms with E-state index >= 15 is 0 Å². The Bertz CT molecular complexity index is 1600. The average Bonchev–Trinajstić information content (AvgIpc) is 3.50. The number of likely N-dealkylation sites (tertiary alicyclic amines) is 1. The third-order valence-electron chi connectivity index (χ3n) is 7.36. The van der Waals surface area contributed by atoms with Gasteiger partial charge < -0.3 is 25.0 Å². The minimum atomic E-state index is 0.105. The minimum absolute atomic E-state index is 0.105. The molecule has 2 aliphatic heterocycles. The fourth-order valence-electron chi connectivity index (χ4n) is 5.32. The first kappa shape index (κ1) is 23.3. The van der Waals surface area contributed by atoms with E-state index in [2.05, 4.69) is 34.3 Å². The molecule has 6 rings (SSSR count). The molecule has 7 nitrogen and oxygen atoms in total. The predicted molar refractivity (Wildman–Crippen MR) is 146 cm³/mol. The fourth-order valence-corrected chi connectivity index (χ4v) is 5.32. The number of fused-ring (bicyclic) bond motifs is 2. The molecule has 0 aliphatic carbocycles. The van der Waals surface area contributed by atoms with Crippen molar-refractivity contribution in [2.45, 2.75) is 25.8 Å². The first-order valence-corrected chi connectivity index (χ1v) is 12.9. The Labute approximate surface area is 215 Å². The van der Waals surface area contributed by atoms with Crippen LogP contribution in [0.1, 0.15) is 30.9 Å². The topological polar surface area (TPSA) is 85.2 Å². The number of aromatic amines is 1. The second-order valence-corrected chi connectivity index (χ2v) is 9.60. The Morgan fingerprint density at radius 2 is 1.81 bits per heavy atom. The van der Waals surface area contributed by atoms with Crippen LogP contribution in [0.25, 0.3) is 16.5 Å². The quantitative estimate of drug-likeness (QED) is 0.371. The van der Waals surface area contributed by atoms with Crippen molar-refractivity contribution in [3.8, 4) is 11.6 Å². The van der Waals surface area contributed by atoms with Crippen molar-refractivity contribution in [3.05, 3.63) is 94.4 Å². The zero-order valence-electron chi connectivity index (χ0n) is 21.2. The van der Waals surface area contributed by atoms with Gasteiger partial charge in [0.2, 0.25) is 0 Å². The van der Waals surface area contributed by atoms with Crippen LogP contribution in [0.3, 0.4) is 0 Å². The number of methoxy groups -OCH3 is 1. The molecule has 1 fully saturated rings. The second kappa shape index (κ2) is 9.75. The van der Waals surface area contributed by atoms with Crippen LogP contribution in [-0.2, 0) is 0 Å². The molecule has 3 aromatic carbocycles. The van der Waals surface area contributed by atoms with Crippen LogP contribution in [0.5, 0.6) is 11.6 Å². The van der Waals surface area contributed by atoms with Crippen LogP contribution in [0, 0.1) is 0 Å². The largest absolute Gasteiger partial charge is 0.497 e. The Hall–Kier alpha value is -4.10. The second-order valence-electron chi connectivity index (χ2n) is 9.60. The molecule has 37 heavy (non-hydrogen) atoms. The Morgan fingerprint density at radius 3 is 2.57 bits per heavy atom. The highest BCUT2D eigenvalue weighted by molar-refractivity contribution is 6.01. The Morgan fingerprint density at radius 1 is 1.03 bits per heavy atom. The van der Waals surface area contributed by atoms with Gasteiger partial charge in [-0.25, -0.2) is 9.98 Å². The van der Waals surface area contributed by atoms with E-state index in [1.165, 1.54) is 0 Å². The summed E-state index contributed by atoms with van der Waals surface area (Å²) in [5.74, 6) is 1.40. The number of H-pyrrole nitrogens is 1. The van der Waals surface area contributed by atoms with E-state index in [0.29, 0.717) is 17.4 Å². The standard InChI is InChI=1S/C30H31N5O2/c1-3-35-15-13-20(14-16-35)31-21-9-11-24-23(17-21)28(30(36)34-24)27(19-7-5-4-6-8-19)29-32-25-12-10-22(37-2)18-26(25)33-29/h4-12,17-18,20,31,34,36H,3,13-16H2,1-2H3/b29-27+. The van der Waals surface area contributed by atoms with Gasteiger partial charge in [-0.2, -0.15) is 0 Å². The molecular weight excluding hydrogens is 462 g/mol. The van der Waals surface area contributed by atoms with Crippen LogP contribution < -0.4 is 20.8 Å². The third-order valence-corrected chi connectivity index (χ3v) is 7.36. The number of aromatic nitrogens is 1. The van der Waals surface area contributed by atoms with E-state index in [9.17, 15) is 5.11 Å². The molecule has 7 heteroatoms. The fraction of sp³-hybridized carbons (Fsp3) is 0.267. The summed E-state index contributed by atoms with van der Waals surface area (Å²) in [6.07, 6.45) is 2.24. The summed E-state index contributed by atoms with van der Waals surface area (Å²) in [4.78, 5) is 15.4. The highest BCUT2D eigenvalue weighted by atomic mass is 16.5. The lowest BCUT2D eigenvalue weighted by atomic mass is 9.96. The molecule has 0 spiro atoms. The number of benzene rings is 3. The van der Waals surface area contributed by atoms with E-state index in [1.54, 1.807) is 7.11 Å². The van der Waals surface area contributed by atoms with Gasteiger partial charge in [0.05, 0.1) is 23.4 Å². The molecular formula is C30H31N5O2. The molecule has 2 aliphatic rings. The number of rotatable bonds is 6. The smallest absolute Gasteiger partial charge is 0.197 e. The van der Waals surface area contributed by atoms with Crippen LogP contribution >= 0.6 is 0 Å². The number of ether oxygens (including phenoxy) is 1. The van der Waals surface area contributed by atoms with Gasteiger partial charge in [0, 0.05) is 47.4 Å². The SMILES string of the molecule is CCN1CCC(Nc2ccc3[nH]c(O)c(/C(=C4\N=c5ccc(OC)cc5=N4)c4ccccc4)c3c2)CC1. The van der Waals surface area contributed by atoms with Gasteiger partial charge in [0.1, 0.15) is 5.75 Å². The van der Waals surface area contributed by atoms with Crippen molar-refractivity contribution in [3.63, 3.8) is 0 Å². The average molecular weight is 494 g/mol. The van der Waals surface area contributed by atoms with E-state index < -0.39 is 0 Å². The van der Waals surface area contributed by atoms with Crippen LogP contribution in [0.15, 0.2) is 82.5 Å². The number of nitrogens with one attached hydrogen (secondary N) is 2. The van der Waals surface area contributed by atoms with Crippen molar-refractivity contribution in [1.29, 1.82) is 0 Å². The maximum atomic E-state index is 11.2. The van der Waals surface area contributed by atoms with Gasteiger partial charge in [-0.15, -0.1) is 0 Å². The highest BCUT2D eigenvalue weighted by Gasteiger charge is 2.23. The van der Waals surface area contributed by atoms with Gasteiger partial charge >= 0.3 is 0 Å². The van der Waals surface area contributed by atoms with Crippen molar-refractivity contribution in [2.75, 3.05) is 32.1 Å². The minimum Gasteiger partial charge on any atom is -0.497 e. The molecule has 1 aromatic heterocycles. The normalized spacial score (nSPS) is 17.2. The zero-order chi connectivity index (χ0) is 25.4. The molecule has 0 unspecified atom stereocenters. The lowest BCUT2D eigenvalue weighted by Gasteiger charge is -2.32. The lowest BCUT2D eigenvalue weighted by Crippen LogP contribution is -2.38. The molecule has 0 saturated carbocycles. The van der Waals surface area contributed by atoms with Crippen molar-refractivity contribution in [2.24, 2.45) is 9.98 Å². The van der Waals surface area contributed by atoms with Crippen molar-refractivity contribution >= 4 is 22.2 Å². The van der Waals surface area contributed by atoms with Crippen molar-refractivity contribution in [1.82, 2.24) is 9.88 Å². The number of aromatic hydroxyl groups is 1. The van der Waals surface area contributed by atoms with E-state index in [0.717, 1.165) is 76.7 Å². The molecule has 0 atom stereocenters. The van der Waals surface area contributed by atoms with Crippen LogP contribution in [0.2, 0.25) is 0 Å². The summed E-state index contributed by atoms with van der Waals surface area (Å²) in [6, 6.07) is 22.4. The Kier molecular flexibility index (Phi) is 6.14. The maximum Gasteiger partial charge on any atom is 0.197 e. The predicted octanol–water partition coefficient (Wildman–Crippen LogP) is 4.45. The van der Waals surface area contributed by atoms with Gasteiger partial charge in [-0.3, -0.25) is 0 Å². The Balaban J connectivity index is 1.47. The van der Waals surface area contributed by atoms with Gasteiger partial charge in [0.25, 0.3) is 0 Å². The highest BCUT2D eigenvalue weighted by Crippen LogP contribution is 2.40. The first-order valence-electron chi connectivity index (χ1n) is 12.9. The zero-order valence-corrected chi connectivity index (χ0v) is 21.2. The molecule has 4 aromatic rings. The monoisotopic (exact) mass is 493 g/mol. The number of piperidine rings is 1. The number of hydrogen-bond acceptors (Lipinski definition) is 6. The summed E-state index contributed by atoms with van der Waals surface area (Å²) in [5, 5.41) is 17.4. The molecule has 188 valence electrons. The van der Waals surface area contributed by atoms with Crippen LogP contribution in [0.4, 0.5) is 5.69 Å². The summed E-state index contributed by atoms with van der Waals surface area (Å²) < 4.78 is 5.38. The molecule has 0 amide bonds. The molecule has 3 N–H and O–H groups in total. The van der Waals surface area contributed by atoms with Gasteiger partial charge in [-0.05, 0) is 55.3 Å². The lowest BCUT2D eigenvalue weighted by molar-refractivity contribution is 0.229. The summed E-state index contributed by atoms with van der Waals surface area (Å²) in [5.41, 5.74) is 4.34. The van der Waals surface area contributed by atoms with E-state index in [4.69, 9.17) is 14.7 Å². The van der Waals surface area contributed by atoms with Gasteiger partial charge in [0.15, 0.2) is 11.7 Å². The molecule has 3 heterocycles. The number of nitrogens with zero attached hydrogens (tertiary/aromatic N) is 3. The van der Waals surface area contributed by atoms with E-state index in [1.807, 2.05) is 54.6 Å². The summed E-state index contributed by atoms with van der Waals surface area (Å²) in [7, 11) is 1.64. The molecule has 0 bridgehead atoms. The first-order chi connectivity index (χ1) is 18.1. The molecule has 1 saturated heterocycles. The van der Waals surface area contributed by atoms with E-state index in [-0.39, 0.29) is 5.88 Å². The van der Waals surface area contributed by atoms with Crippen LogP contribution in [-0.4, -0.2) is 47.8 Å². The van der Waals surface area contributed by atoms with Crippen molar-refractivity contribution < 1.29 is 9.84 Å². The molecule has 0 radical (unpaired) electrons. The van der Waals surface area contributed by atoms with Gasteiger partial charge in [-0.1, -0.05) is 37.3 Å². The maximum absolute atomic E-state index is 11.2. The third kappa shape index (κ3) is 4.47.